The Morgan fingerprint density at radius 2 is 1.69 bits per heavy atom. The molecule has 0 saturated carbocycles. The molecule has 4 rings (SSSR count). The number of nitrogens with zero attached hydrogens (tertiary/aromatic N) is 4. The number of alkyl halides is 3. The van der Waals surface area contributed by atoms with Gasteiger partial charge in [-0.25, -0.2) is 0 Å². The van der Waals surface area contributed by atoms with Crippen molar-refractivity contribution in [2.24, 2.45) is 0 Å². The van der Waals surface area contributed by atoms with Gasteiger partial charge in [-0.1, -0.05) is 30.0 Å². The first-order valence-corrected chi connectivity index (χ1v) is 11.5. The van der Waals surface area contributed by atoms with Gasteiger partial charge in [0, 0.05) is 17.9 Å². The quantitative estimate of drug-likeness (QED) is 0.151. The second-order valence-corrected chi connectivity index (χ2v) is 8.40. The summed E-state index contributed by atoms with van der Waals surface area (Å²) in [5, 5.41) is 19.5. The van der Waals surface area contributed by atoms with Gasteiger partial charge >= 0.3 is 6.18 Å². The fourth-order valence-electron chi connectivity index (χ4n) is 3.25. The first kappa shape index (κ1) is 25.0. The van der Waals surface area contributed by atoms with Gasteiger partial charge in [0.1, 0.15) is 18.1 Å². The van der Waals surface area contributed by atoms with E-state index in [1.54, 1.807) is 43.5 Å². The lowest BCUT2D eigenvalue weighted by Crippen LogP contribution is -2.09. The lowest BCUT2D eigenvalue weighted by molar-refractivity contribution is -0.384. The molecule has 0 aliphatic carbocycles. The Labute approximate surface area is 207 Å². The molecule has 0 aliphatic heterocycles. The Hall–Kier alpha value is -4.06. The second-order valence-electron chi connectivity index (χ2n) is 7.46. The highest BCUT2D eigenvalue weighted by Crippen LogP contribution is 2.32. The van der Waals surface area contributed by atoms with E-state index in [4.69, 9.17) is 9.47 Å². The van der Waals surface area contributed by atoms with Crippen molar-refractivity contribution in [2.75, 3.05) is 7.11 Å². The lowest BCUT2D eigenvalue weighted by atomic mass is 10.2. The number of methoxy groups -OCH3 is 1. The Morgan fingerprint density at radius 3 is 2.33 bits per heavy atom. The lowest BCUT2D eigenvalue weighted by Gasteiger charge is -2.14. The summed E-state index contributed by atoms with van der Waals surface area (Å²) in [7, 11) is 1.54. The van der Waals surface area contributed by atoms with Crippen molar-refractivity contribution in [1.29, 1.82) is 0 Å². The molecular formula is C24H19F3N4O4S. The normalized spacial score (nSPS) is 11.3. The third kappa shape index (κ3) is 5.95. The number of aromatic nitrogens is 3. The summed E-state index contributed by atoms with van der Waals surface area (Å²) in [6.07, 6.45) is -4.52. The molecule has 12 heteroatoms. The van der Waals surface area contributed by atoms with Crippen LogP contribution in [-0.4, -0.2) is 26.8 Å². The van der Waals surface area contributed by atoms with E-state index in [0.29, 0.717) is 28.2 Å². The number of ether oxygens (including phenoxy) is 2. The maximum Gasteiger partial charge on any atom is 0.416 e. The van der Waals surface area contributed by atoms with Gasteiger partial charge in [-0.3, -0.25) is 14.7 Å². The van der Waals surface area contributed by atoms with Crippen LogP contribution in [0.5, 0.6) is 11.5 Å². The van der Waals surface area contributed by atoms with Crippen molar-refractivity contribution >= 4 is 17.4 Å². The van der Waals surface area contributed by atoms with Crippen LogP contribution in [0.2, 0.25) is 0 Å². The van der Waals surface area contributed by atoms with Gasteiger partial charge in [0.05, 0.1) is 23.3 Å². The third-order valence-corrected chi connectivity index (χ3v) is 6.07. The predicted molar refractivity (Wildman–Crippen MR) is 126 cm³/mol. The van der Waals surface area contributed by atoms with Crippen LogP contribution in [-0.2, 0) is 18.5 Å². The van der Waals surface area contributed by atoms with Crippen LogP contribution in [0.3, 0.4) is 0 Å². The molecule has 0 unspecified atom stereocenters. The molecule has 4 aromatic rings. The average molecular weight is 517 g/mol. The van der Waals surface area contributed by atoms with Crippen LogP contribution in [0.15, 0.2) is 78.0 Å². The Kier molecular flexibility index (Phi) is 7.44. The van der Waals surface area contributed by atoms with E-state index >= 15 is 0 Å². The molecule has 1 aromatic heterocycles. The highest BCUT2D eigenvalue weighted by molar-refractivity contribution is 7.98. The van der Waals surface area contributed by atoms with Crippen LogP contribution in [0.1, 0.15) is 17.0 Å². The maximum atomic E-state index is 13.4. The Balaban J connectivity index is 1.61. The molecule has 0 radical (unpaired) electrons. The first-order valence-electron chi connectivity index (χ1n) is 10.5. The molecule has 0 bridgehead atoms. The summed E-state index contributed by atoms with van der Waals surface area (Å²) < 4.78 is 52.5. The van der Waals surface area contributed by atoms with Crippen molar-refractivity contribution < 1.29 is 27.6 Å². The molecule has 0 atom stereocenters. The van der Waals surface area contributed by atoms with Crippen molar-refractivity contribution in [3.8, 4) is 17.2 Å². The highest BCUT2D eigenvalue weighted by atomic mass is 32.2. The zero-order chi connectivity index (χ0) is 25.7. The van der Waals surface area contributed by atoms with Gasteiger partial charge < -0.3 is 9.47 Å². The SMILES string of the molecule is COc1ccc(OCc2nnc(SCc3ccc([N+](=O)[O-])cc3)n2-c2cccc(C(F)(F)F)c2)cc1. The predicted octanol–water partition coefficient (Wildman–Crippen LogP) is 6.07. The van der Waals surface area contributed by atoms with Crippen LogP contribution < -0.4 is 9.47 Å². The molecule has 3 aromatic carbocycles. The largest absolute Gasteiger partial charge is 0.497 e. The molecule has 186 valence electrons. The molecule has 8 nitrogen and oxygen atoms in total. The van der Waals surface area contributed by atoms with Gasteiger partial charge in [-0.05, 0) is 48.0 Å². The van der Waals surface area contributed by atoms with Gasteiger partial charge in [0.25, 0.3) is 5.69 Å². The summed E-state index contributed by atoms with van der Waals surface area (Å²) in [5.74, 6) is 1.85. The highest BCUT2D eigenvalue weighted by Gasteiger charge is 2.31. The number of thioether (sulfide) groups is 1. The van der Waals surface area contributed by atoms with E-state index in [9.17, 15) is 23.3 Å². The Morgan fingerprint density at radius 1 is 1.00 bits per heavy atom. The standard InChI is InChI=1S/C24H19F3N4O4S/c1-34-20-9-11-21(12-10-20)35-14-22-28-29-23(36-15-16-5-7-18(8-6-16)31(32)33)30(22)19-4-2-3-17(13-19)24(25,26)27/h2-13H,14-15H2,1H3. The van der Waals surface area contributed by atoms with Crippen molar-refractivity contribution in [3.05, 3.63) is 99.9 Å². The number of benzene rings is 3. The topological polar surface area (TPSA) is 92.3 Å². The molecular weight excluding hydrogens is 497 g/mol. The zero-order valence-electron chi connectivity index (χ0n) is 18.8. The second kappa shape index (κ2) is 10.7. The van der Waals surface area contributed by atoms with Crippen molar-refractivity contribution in [1.82, 2.24) is 14.8 Å². The van der Waals surface area contributed by atoms with E-state index in [-0.39, 0.29) is 18.0 Å². The number of rotatable bonds is 9. The summed E-state index contributed by atoms with van der Waals surface area (Å²) >= 11 is 1.24. The molecule has 36 heavy (non-hydrogen) atoms. The summed E-state index contributed by atoms with van der Waals surface area (Å²) in [6.45, 7) is -0.0480. The minimum atomic E-state index is -4.52. The van der Waals surface area contributed by atoms with Crippen molar-refractivity contribution in [2.45, 2.75) is 23.7 Å². The number of non-ortho nitro benzene ring substituents is 1. The molecule has 0 saturated heterocycles. The molecule has 0 spiro atoms. The van der Waals surface area contributed by atoms with E-state index < -0.39 is 16.7 Å². The number of nitro benzene ring substituents is 1. The fraction of sp³-hybridized carbons (Fsp3) is 0.167. The van der Waals surface area contributed by atoms with Gasteiger partial charge in [-0.2, -0.15) is 13.2 Å². The van der Waals surface area contributed by atoms with Crippen LogP contribution >= 0.6 is 11.8 Å². The molecule has 0 aliphatic rings. The van der Waals surface area contributed by atoms with Crippen molar-refractivity contribution in [3.63, 3.8) is 0 Å². The first-order chi connectivity index (χ1) is 17.2. The molecule has 1 heterocycles. The van der Waals surface area contributed by atoms with Crippen LogP contribution in [0.4, 0.5) is 18.9 Å². The number of halogens is 3. The fourth-order valence-corrected chi connectivity index (χ4v) is 4.18. The van der Waals surface area contributed by atoms with E-state index in [1.807, 2.05) is 0 Å². The Bertz CT molecular complexity index is 1340. The summed E-state index contributed by atoms with van der Waals surface area (Å²) in [6, 6.07) is 17.7. The molecule has 0 amide bonds. The monoisotopic (exact) mass is 516 g/mol. The summed E-state index contributed by atoms with van der Waals surface area (Å²) in [5.41, 5.74) is 0.172. The van der Waals surface area contributed by atoms with Crippen LogP contribution in [0.25, 0.3) is 5.69 Å². The summed E-state index contributed by atoms with van der Waals surface area (Å²) in [4.78, 5) is 10.4. The maximum absolute atomic E-state index is 13.4. The number of nitro groups is 1. The smallest absolute Gasteiger partial charge is 0.416 e. The van der Waals surface area contributed by atoms with Gasteiger partial charge in [0.2, 0.25) is 0 Å². The molecule has 0 N–H and O–H groups in total. The van der Waals surface area contributed by atoms with E-state index in [0.717, 1.165) is 17.7 Å². The van der Waals surface area contributed by atoms with E-state index in [1.165, 1.54) is 40.6 Å². The minimum Gasteiger partial charge on any atom is -0.497 e. The third-order valence-electron chi connectivity index (χ3n) is 5.07. The zero-order valence-corrected chi connectivity index (χ0v) is 19.6. The minimum absolute atomic E-state index is 0.0335. The van der Waals surface area contributed by atoms with Gasteiger partial charge in [0.15, 0.2) is 11.0 Å². The van der Waals surface area contributed by atoms with E-state index in [2.05, 4.69) is 10.2 Å². The van der Waals surface area contributed by atoms with Crippen LogP contribution in [0, 0.1) is 10.1 Å². The van der Waals surface area contributed by atoms with Gasteiger partial charge in [-0.15, -0.1) is 10.2 Å². The number of hydrogen-bond donors (Lipinski definition) is 0. The molecule has 0 fully saturated rings. The number of hydrogen-bond acceptors (Lipinski definition) is 7. The average Bonchev–Trinajstić information content (AvgIpc) is 3.29.